The molecule has 23 heavy (non-hydrogen) atoms. The van der Waals surface area contributed by atoms with E-state index in [9.17, 15) is 15.0 Å². The van der Waals surface area contributed by atoms with Gasteiger partial charge in [-0.1, -0.05) is 36.4 Å². The average molecular weight is 312 g/mol. The number of aliphatic hydroxyl groups is 1. The van der Waals surface area contributed by atoms with E-state index in [2.05, 4.69) is 10.6 Å². The average Bonchev–Trinajstić information content (AvgIpc) is 2.83. The lowest BCUT2D eigenvalue weighted by molar-refractivity contribution is 0.142. The van der Waals surface area contributed by atoms with Crippen molar-refractivity contribution >= 4 is 6.03 Å². The highest BCUT2D eigenvalue weighted by molar-refractivity contribution is 5.74. The first kappa shape index (κ1) is 15.4. The summed E-state index contributed by atoms with van der Waals surface area (Å²) in [6, 6.07) is 14.0. The molecule has 0 saturated heterocycles. The molecule has 0 spiro atoms. The molecule has 4 N–H and O–H groups in total. The van der Waals surface area contributed by atoms with Crippen molar-refractivity contribution in [3.63, 3.8) is 0 Å². The largest absolute Gasteiger partial charge is 0.508 e. The molecule has 0 fully saturated rings. The van der Waals surface area contributed by atoms with Gasteiger partial charge in [0.05, 0.1) is 12.1 Å². The molecule has 0 aromatic heterocycles. The zero-order valence-corrected chi connectivity index (χ0v) is 12.7. The molecule has 3 rings (SSSR count). The molecule has 0 bridgehead atoms. The Balaban J connectivity index is 1.52. The lowest BCUT2D eigenvalue weighted by atomic mass is 10.1. The van der Waals surface area contributed by atoms with Crippen molar-refractivity contribution in [1.29, 1.82) is 0 Å². The van der Waals surface area contributed by atoms with E-state index in [4.69, 9.17) is 0 Å². The van der Waals surface area contributed by atoms with E-state index in [1.165, 1.54) is 0 Å². The monoisotopic (exact) mass is 312 g/mol. The van der Waals surface area contributed by atoms with Crippen LogP contribution in [0.1, 0.15) is 22.7 Å². The number of rotatable bonds is 4. The molecule has 2 aromatic carbocycles. The molecule has 5 heteroatoms. The molecule has 2 aromatic rings. The third kappa shape index (κ3) is 3.63. The third-order valence-electron chi connectivity index (χ3n) is 4.10. The Kier molecular flexibility index (Phi) is 4.48. The van der Waals surface area contributed by atoms with E-state index < -0.39 is 6.10 Å². The van der Waals surface area contributed by atoms with Gasteiger partial charge in [-0.15, -0.1) is 0 Å². The Morgan fingerprint density at radius 3 is 2.83 bits per heavy atom. The number of phenolic OH excluding ortho intramolecular Hbond substituents is 1. The van der Waals surface area contributed by atoms with Crippen LogP contribution < -0.4 is 10.6 Å². The molecule has 0 unspecified atom stereocenters. The van der Waals surface area contributed by atoms with Crippen molar-refractivity contribution in [2.75, 3.05) is 6.54 Å². The number of carbonyl (C=O) groups excluding carboxylic acids is 1. The first-order chi connectivity index (χ1) is 11.1. The van der Waals surface area contributed by atoms with Crippen LogP contribution in [0.4, 0.5) is 4.79 Å². The summed E-state index contributed by atoms with van der Waals surface area (Å²) in [7, 11) is 0. The summed E-state index contributed by atoms with van der Waals surface area (Å²) in [6.07, 6.45) is 0.597. The summed E-state index contributed by atoms with van der Waals surface area (Å²) in [5, 5.41) is 25.1. The van der Waals surface area contributed by atoms with E-state index in [1.54, 1.807) is 18.2 Å². The molecule has 2 atom stereocenters. The SMILES string of the molecule is O=C(NCCc1cccc(O)c1)N[C@H]1c2ccccc2C[C@H]1O. The van der Waals surface area contributed by atoms with Gasteiger partial charge in [-0.2, -0.15) is 0 Å². The Bertz CT molecular complexity index is 702. The van der Waals surface area contributed by atoms with Crippen LogP contribution in [0.3, 0.4) is 0 Å². The second-order valence-electron chi connectivity index (χ2n) is 5.77. The Labute approximate surface area is 135 Å². The lowest BCUT2D eigenvalue weighted by Gasteiger charge is -2.18. The summed E-state index contributed by atoms with van der Waals surface area (Å²) in [6.45, 7) is 0.458. The molecular formula is C18H20N2O3. The highest BCUT2D eigenvalue weighted by Gasteiger charge is 2.31. The van der Waals surface area contributed by atoms with Crippen molar-refractivity contribution in [3.8, 4) is 5.75 Å². The maximum absolute atomic E-state index is 12.0. The second-order valence-corrected chi connectivity index (χ2v) is 5.77. The predicted octanol–water partition coefficient (Wildman–Crippen LogP) is 1.89. The molecule has 0 aliphatic heterocycles. The summed E-state index contributed by atoms with van der Waals surface area (Å²) in [5.74, 6) is 0.220. The highest BCUT2D eigenvalue weighted by atomic mass is 16.3. The van der Waals surface area contributed by atoms with Gasteiger partial charge in [-0.3, -0.25) is 0 Å². The fraction of sp³-hybridized carbons (Fsp3) is 0.278. The molecule has 5 nitrogen and oxygen atoms in total. The number of aromatic hydroxyl groups is 1. The first-order valence-electron chi connectivity index (χ1n) is 7.71. The molecule has 2 amide bonds. The van der Waals surface area contributed by atoms with Gasteiger partial charge < -0.3 is 20.8 Å². The molecule has 1 aliphatic rings. The van der Waals surface area contributed by atoms with Crippen LogP contribution in [0.25, 0.3) is 0 Å². The van der Waals surface area contributed by atoms with E-state index >= 15 is 0 Å². The van der Waals surface area contributed by atoms with E-state index in [-0.39, 0.29) is 17.8 Å². The summed E-state index contributed by atoms with van der Waals surface area (Å²) in [5.41, 5.74) is 3.00. The number of urea groups is 1. The fourth-order valence-corrected chi connectivity index (χ4v) is 2.97. The Morgan fingerprint density at radius 1 is 1.17 bits per heavy atom. The number of fused-ring (bicyclic) bond motifs is 1. The maximum Gasteiger partial charge on any atom is 0.315 e. The molecule has 1 aliphatic carbocycles. The first-order valence-corrected chi connectivity index (χ1v) is 7.71. The normalized spacial score (nSPS) is 19.2. The summed E-state index contributed by atoms with van der Waals surface area (Å²) < 4.78 is 0. The minimum atomic E-state index is -0.593. The van der Waals surface area contributed by atoms with Crippen molar-refractivity contribution in [3.05, 3.63) is 65.2 Å². The maximum atomic E-state index is 12.0. The van der Waals surface area contributed by atoms with Crippen LogP contribution in [-0.4, -0.2) is 28.9 Å². The van der Waals surface area contributed by atoms with Gasteiger partial charge >= 0.3 is 6.03 Å². The van der Waals surface area contributed by atoms with Gasteiger partial charge in [0.2, 0.25) is 0 Å². The number of carbonyl (C=O) groups is 1. The summed E-state index contributed by atoms with van der Waals surface area (Å²) >= 11 is 0. The van der Waals surface area contributed by atoms with Crippen LogP contribution in [-0.2, 0) is 12.8 Å². The number of benzene rings is 2. The Morgan fingerprint density at radius 2 is 2.00 bits per heavy atom. The standard InChI is InChI=1S/C18H20N2O3/c21-14-6-3-4-12(10-14)8-9-19-18(23)20-17-15-7-2-1-5-13(15)11-16(17)22/h1-7,10,16-17,21-22H,8-9,11H2,(H2,19,20,23)/t16-,17+/m1/s1. The van der Waals surface area contributed by atoms with Gasteiger partial charge in [-0.05, 0) is 35.2 Å². The quantitative estimate of drug-likeness (QED) is 0.696. The lowest BCUT2D eigenvalue weighted by Crippen LogP contribution is -2.41. The topological polar surface area (TPSA) is 81.6 Å². The predicted molar refractivity (Wildman–Crippen MR) is 87.2 cm³/mol. The van der Waals surface area contributed by atoms with Gasteiger partial charge in [0.25, 0.3) is 0 Å². The van der Waals surface area contributed by atoms with Crippen molar-refractivity contribution in [2.24, 2.45) is 0 Å². The number of hydrogen-bond donors (Lipinski definition) is 4. The second kappa shape index (κ2) is 6.71. The third-order valence-corrected chi connectivity index (χ3v) is 4.10. The number of nitrogens with one attached hydrogen (secondary N) is 2. The van der Waals surface area contributed by atoms with E-state index in [0.29, 0.717) is 19.4 Å². The fourth-order valence-electron chi connectivity index (χ4n) is 2.97. The number of hydrogen-bond acceptors (Lipinski definition) is 3. The number of amides is 2. The van der Waals surface area contributed by atoms with Crippen molar-refractivity contribution in [2.45, 2.75) is 25.0 Å². The van der Waals surface area contributed by atoms with Gasteiger partial charge in [0.1, 0.15) is 5.75 Å². The van der Waals surface area contributed by atoms with Crippen molar-refractivity contribution < 1.29 is 15.0 Å². The van der Waals surface area contributed by atoms with Gasteiger partial charge in [-0.25, -0.2) is 4.79 Å². The van der Waals surface area contributed by atoms with Crippen molar-refractivity contribution in [1.82, 2.24) is 10.6 Å². The minimum absolute atomic E-state index is 0.220. The smallest absolute Gasteiger partial charge is 0.315 e. The van der Waals surface area contributed by atoms with E-state index in [1.807, 2.05) is 30.3 Å². The van der Waals surface area contributed by atoms with Gasteiger partial charge in [0.15, 0.2) is 0 Å². The zero-order valence-electron chi connectivity index (χ0n) is 12.7. The molecule has 0 heterocycles. The molecular weight excluding hydrogens is 292 g/mol. The van der Waals surface area contributed by atoms with Crippen LogP contribution in [0, 0.1) is 0 Å². The Hall–Kier alpha value is -2.53. The molecule has 120 valence electrons. The van der Waals surface area contributed by atoms with Crippen LogP contribution in [0.2, 0.25) is 0 Å². The number of aliphatic hydroxyl groups excluding tert-OH is 1. The van der Waals surface area contributed by atoms with E-state index in [0.717, 1.165) is 16.7 Å². The zero-order chi connectivity index (χ0) is 16.2. The molecule has 0 radical (unpaired) electrons. The van der Waals surface area contributed by atoms with Crippen LogP contribution in [0.15, 0.2) is 48.5 Å². The van der Waals surface area contributed by atoms with Crippen LogP contribution >= 0.6 is 0 Å². The summed E-state index contributed by atoms with van der Waals surface area (Å²) in [4.78, 5) is 12.0. The minimum Gasteiger partial charge on any atom is -0.508 e. The highest BCUT2D eigenvalue weighted by Crippen LogP contribution is 2.30. The van der Waals surface area contributed by atoms with Crippen LogP contribution in [0.5, 0.6) is 5.75 Å². The number of phenols is 1. The molecule has 0 saturated carbocycles. The van der Waals surface area contributed by atoms with Gasteiger partial charge in [0, 0.05) is 13.0 Å².